The minimum absolute atomic E-state index is 0.0113. The van der Waals surface area contributed by atoms with Crippen LogP contribution in [0.1, 0.15) is 36.1 Å². The monoisotopic (exact) mass is 604 g/mol. The molecule has 1 aromatic heterocycles. The van der Waals surface area contributed by atoms with Gasteiger partial charge in [-0.25, -0.2) is 9.29 Å². The fraction of sp³-hybridized carbons (Fsp3) is 0.312. The Morgan fingerprint density at radius 3 is 2.55 bits per heavy atom. The summed E-state index contributed by atoms with van der Waals surface area (Å²) in [4.78, 5) is 59.2. The van der Waals surface area contributed by atoms with Gasteiger partial charge in [-0.2, -0.15) is 0 Å². The van der Waals surface area contributed by atoms with Crippen molar-refractivity contribution in [1.82, 2.24) is 4.90 Å². The molecule has 4 aliphatic rings. The van der Waals surface area contributed by atoms with E-state index in [0.29, 0.717) is 12.0 Å². The molecule has 214 valence electrons. The minimum atomic E-state index is -1.26. The molecular weight excluding hydrogens is 579 g/mol. The van der Waals surface area contributed by atoms with E-state index in [2.05, 4.69) is 0 Å². The van der Waals surface area contributed by atoms with E-state index < -0.39 is 52.6 Å². The molecule has 2 aromatic carbocycles. The number of hydrogen-bond acceptors (Lipinski definition) is 6. The zero-order valence-corrected chi connectivity index (χ0v) is 24.1. The Morgan fingerprint density at radius 1 is 1.02 bits per heavy atom. The first-order valence-electron chi connectivity index (χ1n) is 13.8. The number of allylic oxidation sites excluding steroid dienone is 2. The molecule has 3 aromatic rings. The Balaban J connectivity index is 1.34. The highest BCUT2D eigenvalue weighted by Crippen LogP contribution is 2.63. The van der Waals surface area contributed by atoms with Gasteiger partial charge in [0.05, 0.1) is 40.4 Å². The lowest BCUT2D eigenvalue weighted by Gasteiger charge is -2.49. The molecule has 2 aliphatic carbocycles. The number of carbonyl (C=O) groups is 4. The maximum absolute atomic E-state index is 14.3. The van der Waals surface area contributed by atoms with Crippen molar-refractivity contribution < 1.29 is 28.7 Å². The molecule has 2 aliphatic heterocycles. The molecule has 1 N–H and O–H groups in total. The van der Waals surface area contributed by atoms with E-state index in [1.54, 1.807) is 19.1 Å². The minimum Gasteiger partial charge on any atom is -0.508 e. The average Bonchev–Trinajstić information content (AvgIpc) is 3.61. The number of nitrogens with zero attached hydrogens (tertiary/aromatic N) is 2. The first-order chi connectivity index (χ1) is 20.1. The van der Waals surface area contributed by atoms with Gasteiger partial charge in [-0.15, -0.1) is 11.3 Å². The lowest BCUT2D eigenvalue weighted by atomic mass is 9.51. The van der Waals surface area contributed by atoms with E-state index in [0.717, 1.165) is 21.4 Å². The molecule has 0 radical (unpaired) electrons. The molecule has 1 saturated carbocycles. The fourth-order valence-corrected chi connectivity index (χ4v) is 8.62. The summed E-state index contributed by atoms with van der Waals surface area (Å²) < 4.78 is 14.0. The van der Waals surface area contributed by atoms with Crippen LogP contribution < -0.4 is 4.90 Å². The molecular formula is C32H26ClFN2O5S. The fourth-order valence-electron chi connectivity index (χ4n) is 7.75. The van der Waals surface area contributed by atoms with Gasteiger partial charge in [-0.3, -0.25) is 24.1 Å². The summed E-state index contributed by atoms with van der Waals surface area (Å²) in [5, 5.41) is 12.1. The Kier molecular flexibility index (Phi) is 6.18. The second-order valence-electron chi connectivity index (χ2n) is 11.7. The van der Waals surface area contributed by atoms with Crippen molar-refractivity contribution in [3.8, 4) is 5.75 Å². The number of carbonyl (C=O) groups excluding carboxylic acids is 4. The van der Waals surface area contributed by atoms with E-state index in [1.807, 2.05) is 29.7 Å². The smallest absolute Gasteiger partial charge is 0.241 e. The van der Waals surface area contributed by atoms with E-state index in [9.17, 15) is 28.7 Å². The van der Waals surface area contributed by atoms with Crippen molar-refractivity contribution in [3.05, 3.63) is 92.9 Å². The Morgan fingerprint density at radius 2 is 1.83 bits per heavy atom. The van der Waals surface area contributed by atoms with Gasteiger partial charge in [-0.05, 0) is 73.0 Å². The van der Waals surface area contributed by atoms with Crippen LogP contribution in [0.5, 0.6) is 5.75 Å². The van der Waals surface area contributed by atoms with Crippen LogP contribution in [0, 0.1) is 34.9 Å². The number of thiophene rings is 1. The lowest BCUT2D eigenvalue weighted by molar-refractivity contribution is -0.141. The summed E-state index contributed by atoms with van der Waals surface area (Å²) in [6.07, 6.45) is 2.52. The summed E-state index contributed by atoms with van der Waals surface area (Å²) in [7, 11) is 0. The van der Waals surface area contributed by atoms with Gasteiger partial charge in [0.2, 0.25) is 23.6 Å². The van der Waals surface area contributed by atoms with Crippen molar-refractivity contribution in [2.75, 3.05) is 4.90 Å². The highest BCUT2D eigenvalue weighted by atomic mass is 35.5. The Bertz CT molecular complexity index is 1710. The van der Waals surface area contributed by atoms with Gasteiger partial charge in [0, 0.05) is 10.8 Å². The van der Waals surface area contributed by atoms with Crippen LogP contribution in [0.15, 0.2) is 71.6 Å². The number of fused-ring (bicyclic) bond motifs is 4. The van der Waals surface area contributed by atoms with Gasteiger partial charge in [0.15, 0.2) is 0 Å². The molecule has 42 heavy (non-hydrogen) atoms. The number of imide groups is 2. The van der Waals surface area contributed by atoms with E-state index >= 15 is 0 Å². The molecule has 10 heteroatoms. The number of likely N-dealkylation sites (tertiary alicyclic amines) is 1. The summed E-state index contributed by atoms with van der Waals surface area (Å²) in [5.41, 5.74) is 0.387. The predicted octanol–water partition coefficient (Wildman–Crippen LogP) is 5.68. The molecule has 3 heterocycles. The lowest BCUT2D eigenvalue weighted by Crippen LogP contribution is -2.48. The molecule has 0 bridgehead atoms. The first kappa shape index (κ1) is 27.0. The van der Waals surface area contributed by atoms with Crippen LogP contribution in [-0.4, -0.2) is 33.6 Å². The van der Waals surface area contributed by atoms with Crippen molar-refractivity contribution >= 4 is 52.3 Å². The highest BCUT2D eigenvalue weighted by Gasteiger charge is 2.67. The summed E-state index contributed by atoms with van der Waals surface area (Å²) in [6, 6.07) is 14.1. The maximum Gasteiger partial charge on any atom is 0.241 e. The number of rotatable bonds is 4. The van der Waals surface area contributed by atoms with Crippen molar-refractivity contribution in [1.29, 1.82) is 0 Å². The van der Waals surface area contributed by atoms with E-state index in [1.165, 1.54) is 34.4 Å². The second-order valence-corrected chi connectivity index (χ2v) is 13.1. The maximum atomic E-state index is 14.3. The summed E-state index contributed by atoms with van der Waals surface area (Å²) in [5.74, 6) is -5.15. The zero-order valence-electron chi connectivity index (χ0n) is 22.5. The van der Waals surface area contributed by atoms with E-state index in [4.69, 9.17) is 11.6 Å². The molecule has 3 fully saturated rings. The van der Waals surface area contributed by atoms with Gasteiger partial charge in [0.1, 0.15) is 11.6 Å². The standard InChI is InChI=1S/C32H26ClFN2O5S/c1-32-23(29(39)36(31(32)41)17-7-10-25(34)24(33)13-17)14-22-20(27(32)16-4-2-5-18(37)12-16)8-9-21-26(22)30(40)35(28(21)38)15-19-6-3-11-42-19/h2-8,10-13,21-23,26-27,37H,9,14-15H2,1H3/t21-,22+,23-,26-,27-,32+/m0/s1. The third-order valence-electron chi connectivity index (χ3n) is 9.62. The number of aromatic hydroxyl groups is 1. The number of halogens is 2. The second kappa shape index (κ2) is 9.61. The number of phenols is 1. The van der Waals surface area contributed by atoms with Gasteiger partial charge >= 0.3 is 0 Å². The van der Waals surface area contributed by atoms with Crippen LogP contribution in [0.2, 0.25) is 5.02 Å². The van der Waals surface area contributed by atoms with Gasteiger partial charge in [-0.1, -0.05) is 41.4 Å². The summed E-state index contributed by atoms with van der Waals surface area (Å²) >= 11 is 7.52. The number of benzene rings is 2. The number of phenolic OH excluding ortho intramolecular Hbond substituents is 1. The quantitative estimate of drug-likeness (QED) is 0.306. The van der Waals surface area contributed by atoms with Crippen LogP contribution >= 0.6 is 22.9 Å². The van der Waals surface area contributed by atoms with Crippen LogP contribution in [0.3, 0.4) is 0 Å². The van der Waals surface area contributed by atoms with E-state index in [-0.39, 0.29) is 41.2 Å². The predicted molar refractivity (Wildman–Crippen MR) is 154 cm³/mol. The first-order valence-corrected chi connectivity index (χ1v) is 15.1. The largest absolute Gasteiger partial charge is 0.508 e. The number of anilines is 1. The molecule has 6 atom stereocenters. The van der Waals surface area contributed by atoms with Crippen LogP contribution in [0.25, 0.3) is 0 Å². The number of amides is 4. The molecule has 4 amide bonds. The summed E-state index contributed by atoms with van der Waals surface area (Å²) in [6.45, 7) is 1.96. The van der Waals surface area contributed by atoms with Gasteiger partial charge < -0.3 is 5.11 Å². The van der Waals surface area contributed by atoms with Crippen molar-refractivity contribution in [2.24, 2.45) is 29.1 Å². The third-order valence-corrected chi connectivity index (χ3v) is 10.8. The van der Waals surface area contributed by atoms with Crippen LogP contribution in [0.4, 0.5) is 10.1 Å². The Labute approximate surface area is 250 Å². The molecule has 0 spiro atoms. The zero-order chi connectivity index (χ0) is 29.5. The normalized spacial score (nSPS) is 30.4. The van der Waals surface area contributed by atoms with Gasteiger partial charge in [0.25, 0.3) is 0 Å². The van der Waals surface area contributed by atoms with Crippen LogP contribution in [-0.2, 0) is 25.7 Å². The van der Waals surface area contributed by atoms with Crippen molar-refractivity contribution in [3.63, 3.8) is 0 Å². The molecule has 0 unspecified atom stereocenters. The SMILES string of the molecule is C[C@@]12C(=O)N(c3ccc(F)c(Cl)c3)C(=O)[C@@H]1C[C@@H]1C(=CC[C@@H]3C(=O)N(Cc4cccs4)C(=O)[C@@H]31)[C@@H]2c1cccc(O)c1. The number of hydrogen-bond donors (Lipinski definition) is 1. The Hall–Kier alpha value is -3.82. The highest BCUT2D eigenvalue weighted by molar-refractivity contribution is 7.09. The molecule has 7 nitrogen and oxygen atoms in total. The third kappa shape index (κ3) is 3.76. The van der Waals surface area contributed by atoms with Crippen molar-refractivity contribution in [2.45, 2.75) is 32.2 Å². The average molecular weight is 605 g/mol. The topological polar surface area (TPSA) is 95.0 Å². The molecule has 2 saturated heterocycles. The molecule has 7 rings (SSSR count).